The van der Waals surface area contributed by atoms with Crippen LogP contribution in [0.2, 0.25) is 0 Å². The van der Waals surface area contributed by atoms with E-state index >= 15 is 0 Å². The van der Waals surface area contributed by atoms with Crippen molar-refractivity contribution >= 4 is 35.7 Å². The van der Waals surface area contributed by atoms with Gasteiger partial charge in [0.05, 0.1) is 6.20 Å². The zero-order valence-corrected chi connectivity index (χ0v) is 9.95. The zero-order valence-electron chi connectivity index (χ0n) is 6.79. The van der Waals surface area contributed by atoms with E-state index in [1.165, 1.54) is 0 Å². The molecule has 10 heteroatoms. The van der Waals surface area contributed by atoms with Crippen LogP contribution in [0.5, 0.6) is 0 Å². The minimum absolute atomic E-state index is 0.324. The monoisotopic (exact) mass is 326 g/mol. The zero-order chi connectivity index (χ0) is 11.9. The van der Waals surface area contributed by atoms with Gasteiger partial charge >= 0.3 is 6.18 Å². The van der Waals surface area contributed by atoms with Crippen molar-refractivity contribution < 1.29 is 21.6 Å². The number of aromatic nitrogens is 2. The lowest BCUT2D eigenvalue weighted by molar-refractivity contribution is -0.143. The fourth-order valence-electron chi connectivity index (χ4n) is 0.797. The van der Waals surface area contributed by atoms with E-state index in [2.05, 4.69) is 21.0 Å². The van der Waals surface area contributed by atoms with Crippen molar-refractivity contribution in [3.05, 3.63) is 10.8 Å². The summed E-state index contributed by atoms with van der Waals surface area (Å²) in [5.74, 6) is 0. The SMILES string of the molecule is O=S(=O)(Cl)c1cnn(CC(F)(F)F)c1Br. The number of halogens is 5. The Morgan fingerprint density at radius 3 is 2.40 bits per heavy atom. The van der Waals surface area contributed by atoms with Crippen molar-refractivity contribution in [3.63, 3.8) is 0 Å². The largest absolute Gasteiger partial charge is 0.408 e. The molecule has 0 saturated heterocycles. The van der Waals surface area contributed by atoms with E-state index in [1.54, 1.807) is 0 Å². The van der Waals surface area contributed by atoms with Crippen LogP contribution in [0.1, 0.15) is 0 Å². The summed E-state index contributed by atoms with van der Waals surface area (Å²) in [7, 11) is 0.862. The Kier molecular flexibility index (Phi) is 3.36. The second-order valence-corrected chi connectivity index (χ2v) is 5.80. The van der Waals surface area contributed by atoms with Crippen LogP contribution in [0.25, 0.3) is 0 Å². The van der Waals surface area contributed by atoms with Gasteiger partial charge < -0.3 is 0 Å². The third-order valence-electron chi connectivity index (χ3n) is 1.34. The molecular formula is C5H3BrClF3N2O2S. The smallest absolute Gasteiger partial charge is 0.248 e. The molecule has 0 saturated carbocycles. The molecule has 15 heavy (non-hydrogen) atoms. The minimum atomic E-state index is -4.48. The molecule has 1 aromatic heterocycles. The summed E-state index contributed by atoms with van der Waals surface area (Å²) in [5.41, 5.74) is 0. The normalized spacial score (nSPS) is 13.1. The summed E-state index contributed by atoms with van der Waals surface area (Å²) in [6, 6.07) is 0. The summed E-state index contributed by atoms with van der Waals surface area (Å²) >= 11 is 2.68. The highest BCUT2D eigenvalue weighted by Crippen LogP contribution is 2.27. The van der Waals surface area contributed by atoms with E-state index in [4.69, 9.17) is 10.7 Å². The number of hydrogen-bond donors (Lipinski definition) is 0. The van der Waals surface area contributed by atoms with Crippen LogP contribution in [-0.2, 0) is 15.6 Å². The summed E-state index contributed by atoms with van der Waals surface area (Å²) in [4.78, 5) is -0.492. The van der Waals surface area contributed by atoms with E-state index in [9.17, 15) is 21.6 Å². The Balaban J connectivity index is 3.11. The van der Waals surface area contributed by atoms with Crippen molar-refractivity contribution in [2.45, 2.75) is 17.6 Å². The molecule has 0 aliphatic heterocycles. The van der Waals surface area contributed by atoms with Gasteiger partial charge in [-0.2, -0.15) is 18.3 Å². The van der Waals surface area contributed by atoms with Gasteiger partial charge in [-0.3, -0.25) is 0 Å². The summed E-state index contributed by atoms with van der Waals surface area (Å²) in [6.45, 7) is -1.39. The quantitative estimate of drug-likeness (QED) is 0.782. The highest BCUT2D eigenvalue weighted by Gasteiger charge is 2.31. The second kappa shape index (κ2) is 3.95. The second-order valence-electron chi connectivity index (χ2n) is 2.51. The van der Waals surface area contributed by atoms with E-state index in [0.717, 1.165) is 6.20 Å². The lowest BCUT2D eigenvalue weighted by atomic mass is 10.6. The van der Waals surface area contributed by atoms with Crippen LogP contribution in [0.3, 0.4) is 0 Å². The highest BCUT2D eigenvalue weighted by atomic mass is 79.9. The van der Waals surface area contributed by atoms with Gasteiger partial charge in [0.2, 0.25) is 0 Å². The van der Waals surface area contributed by atoms with Crippen LogP contribution < -0.4 is 0 Å². The molecule has 0 radical (unpaired) electrons. The summed E-state index contributed by atoms with van der Waals surface area (Å²) in [6.07, 6.45) is -3.74. The van der Waals surface area contributed by atoms with Gasteiger partial charge in [-0.1, -0.05) is 0 Å². The first kappa shape index (κ1) is 12.8. The van der Waals surface area contributed by atoms with Gasteiger partial charge in [-0.15, -0.1) is 0 Å². The van der Waals surface area contributed by atoms with E-state index in [1.807, 2.05) is 0 Å². The molecule has 0 unspecified atom stereocenters. The number of alkyl halides is 3. The standard InChI is InChI=1S/C5H3BrClF3N2O2S/c6-4-3(15(7,13)14)1-11-12(4)2-5(8,9)10/h1H,2H2. The van der Waals surface area contributed by atoms with Gasteiger partial charge in [0.1, 0.15) is 16.0 Å². The Labute approximate surface area is 95.6 Å². The fourth-order valence-corrected chi connectivity index (χ4v) is 2.85. The molecule has 86 valence electrons. The number of rotatable bonds is 2. The first-order valence-electron chi connectivity index (χ1n) is 3.34. The van der Waals surface area contributed by atoms with Crippen molar-refractivity contribution in [3.8, 4) is 0 Å². The molecule has 0 N–H and O–H groups in total. The predicted molar refractivity (Wildman–Crippen MR) is 49.0 cm³/mol. The number of nitrogens with zero attached hydrogens (tertiary/aromatic N) is 2. The van der Waals surface area contributed by atoms with E-state index in [0.29, 0.717) is 4.68 Å². The first-order valence-corrected chi connectivity index (χ1v) is 6.44. The highest BCUT2D eigenvalue weighted by molar-refractivity contribution is 9.10. The molecular weight excluding hydrogens is 324 g/mol. The molecule has 0 aliphatic carbocycles. The number of hydrogen-bond acceptors (Lipinski definition) is 3. The fraction of sp³-hybridized carbons (Fsp3) is 0.400. The van der Waals surface area contributed by atoms with Crippen LogP contribution in [-0.4, -0.2) is 24.4 Å². The summed E-state index contributed by atoms with van der Waals surface area (Å²) in [5, 5.41) is 3.25. The molecule has 1 rings (SSSR count). The average molecular weight is 328 g/mol. The lowest BCUT2D eigenvalue weighted by Crippen LogP contribution is -2.18. The van der Waals surface area contributed by atoms with Crippen LogP contribution in [0.15, 0.2) is 15.7 Å². The van der Waals surface area contributed by atoms with Crippen molar-refractivity contribution in [1.29, 1.82) is 0 Å². The van der Waals surface area contributed by atoms with Crippen molar-refractivity contribution in [2.75, 3.05) is 0 Å². The van der Waals surface area contributed by atoms with Gasteiger partial charge in [-0.25, -0.2) is 13.1 Å². The maximum Gasteiger partial charge on any atom is 0.408 e. The molecule has 0 aliphatic rings. The lowest BCUT2D eigenvalue weighted by Gasteiger charge is -2.06. The molecule has 0 fully saturated rings. The summed E-state index contributed by atoms with van der Waals surface area (Å²) < 4.78 is 57.7. The van der Waals surface area contributed by atoms with Gasteiger partial charge in [0, 0.05) is 10.7 Å². The Morgan fingerprint density at radius 2 is 2.07 bits per heavy atom. The molecule has 4 nitrogen and oxygen atoms in total. The van der Waals surface area contributed by atoms with Gasteiger partial charge in [0.25, 0.3) is 9.05 Å². The maximum atomic E-state index is 12.0. The first-order chi connectivity index (χ1) is 6.61. The molecule has 0 atom stereocenters. The topological polar surface area (TPSA) is 52.0 Å². The van der Waals surface area contributed by atoms with Crippen LogP contribution >= 0.6 is 26.6 Å². The average Bonchev–Trinajstić information content (AvgIpc) is 2.27. The molecule has 0 bridgehead atoms. The minimum Gasteiger partial charge on any atom is -0.248 e. The Hall–Kier alpha value is -0.280. The van der Waals surface area contributed by atoms with Gasteiger partial charge in [-0.05, 0) is 15.9 Å². The third kappa shape index (κ3) is 3.35. The molecule has 0 spiro atoms. The maximum absolute atomic E-state index is 12.0. The molecule has 1 heterocycles. The molecule has 0 amide bonds. The van der Waals surface area contributed by atoms with Crippen LogP contribution in [0.4, 0.5) is 13.2 Å². The van der Waals surface area contributed by atoms with Crippen molar-refractivity contribution in [2.24, 2.45) is 0 Å². The third-order valence-corrected chi connectivity index (χ3v) is 3.76. The van der Waals surface area contributed by atoms with E-state index in [-0.39, 0.29) is 4.60 Å². The molecule has 0 aromatic carbocycles. The predicted octanol–water partition coefficient (Wildman–Crippen LogP) is 2.14. The van der Waals surface area contributed by atoms with Crippen molar-refractivity contribution in [1.82, 2.24) is 9.78 Å². The Morgan fingerprint density at radius 1 is 1.53 bits per heavy atom. The van der Waals surface area contributed by atoms with Gasteiger partial charge in [0.15, 0.2) is 0 Å². The Bertz CT molecular complexity index is 469. The van der Waals surface area contributed by atoms with Crippen LogP contribution in [0, 0.1) is 0 Å². The van der Waals surface area contributed by atoms with E-state index < -0.39 is 26.7 Å². The molecule has 1 aromatic rings.